The van der Waals surface area contributed by atoms with Crippen molar-refractivity contribution < 1.29 is 9.13 Å². The van der Waals surface area contributed by atoms with Gasteiger partial charge in [-0.2, -0.15) is 0 Å². The summed E-state index contributed by atoms with van der Waals surface area (Å²) < 4.78 is 18.5. The van der Waals surface area contributed by atoms with Crippen LogP contribution in [0.15, 0.2) is 12.1 Å². The number of hydrogen-bond acceptors (Lipinski definition) is 2. The molecular weight excluding hydrogens is 229 g/mol. The molecule has 0 atom stereocenters. The monoisotopic (exact) mass is 243 g/mol. The van der Waals surface area contributed by atoms with Crippen molar-refractivity contribution in [2.75, 3.05) is 13.7 Å². The molecule has 1 fully saturated rings. The minimum absolute atomic E-state index is 0.0668. The molecule has 16 heavy (non-hydrogen) atoms. The normalized spacial score (nSPS) is 18.0. The highest BCUT2D eigenvalue weighted by atomic mass is 35.5. The molecule has 0 aromatic heterocycles. The minimum Gasteiger partial charge on any atom is -0.496 e. The molecule has 2 N–H and O–H groups in total. The molecule has 88 valence electrons. The van der Waals surface area contributed by atoms with E-state index in [1.54, 1.807) is 6.07 Å². The lowest BCUT2D eigenvalue weighted by molar-refractivity contribution is 0.243. The first-order chi connectivity index (χ1) is 7.63. The second kappa shape index (κ2) is 4.22. The first kappa shape index (κ1) is 11.7. The Kier molecular flexibility index (Phi) is 3.08. The van der Waals surface area contributed by atoms with Crippen LogP contribution in [0.4, 0.5) is 4.39 Å². The SMILES string of the molecule is COc1cc(F)c(Cl)cc1C1(CN)CCC1. The van der Waals surface area contributed by atoms with Gasteiger partial charge in [0, 0.05) is 23.6 Å². The zero-order chi connectivity index (χ0) is 11.8. The van der Waals surface area contributed by atoms with Crippen LogP contribution in [-0.2, 0) is 5.41 Å². The summed E-state index contributed by atoms with van der Waals surface area (Å²) >= 11 is 5.82. The van der Waals surface area contributed by atoms with Crippen LogP contribution in [0, 0.1) is 5.82 Å². The molecule has 0 saturated heterocycles. The van der Waals surface area contributed by atoms with Crippen molar-refractivity contribution in [2.24, 2.45) is 5.73 Å². The maximum absolute atomic E-state index is 13.3. The average molecular weight is 244 g/mol. The summed E-state index contributed by atoms with van der Waals surface area (Å²) in [4.78, 5) is 0. The lowest BCUT2D eigenvalue weighted by atomic mass is 9.64. The topological polar surface area (TPSA) is 35.2 Å². The van der Waals surface area contributed by atoms with E-state index >= 15 is 0 Å². The van der Waals surface area contributed by atoms with Crippen LogP contribution in [0.3, 0.4) is 0 Å². The number of halogens is 2. The fraction of sp³-hybridized carbons (Fsp3) is 0.500. The van der Waals surface area contributed by atoms with Crippen molar-refractivity contribution in [1.29, 1.82) is 0 Å². The summed E-state index contributed by atoms with van der Waals surface area (Å²) in [7, 11) is 1.54. The summed E-state index contributed by atoms with van der Waals surface area (Å²) in [6, 6.07) is 3.00. The van der Waals surface area contributed by atoms with Gasteiger partial charge in [-0.15, -0.1) is 0 Å². The van der Waals surface area contributed by atoms with Gasteiger partial charge in [-0.1, -0.05) is 18.0 Å². The Morgan fingerprint density at radius 1 is 1.50 bits per heavy atom. The zero-order valence-electron chi connectivity index (χ0n) is 9.22. The van der Waals surface area contributed by atoms with E-state index in [0.29, 0.717) is 12.3 Å². The van der Waals surface area contributed by atoms with Crippen LogP contribution in [-0.4, -0.2) is 13.7 Å². The van der Waals surface area contributed by atoms with Crippen molar-refractivity contribution in [3.8, 4) is 5.75 Å². The molecule has 2 rings (SSSR count). The molecule has 1 aromatic rings. The van der Waals surface area contributed by atoms with Gasteiger partial charge < -0.3 is 10.5 Å². The summed E-state index contributed by atoms with van der Waals surface area (Å²) in [5, 5.41) is 0.135. The largest absolute Gasteiger partial charge is 0.496 e. The second-order valence-electron chi connectivity index (χ2n) is 4.30. The van der Waals surface area contributed by atoms with Gasteiger partial charge >= 0.3 is 0 Å². The molecule has 1 aromatic carbocycles. The van der Waals surface area contributed by atoms with Crippen molar-refractivity contribution in [1.82, 2.24) is 0 Å². The Balaban J connectivity index is 2.50. The molecular formula is C12H15ClFNO. The van der Waals surface area contributed by atoms with E-state index < -0.39 is 5.82 Å². The summed E-state index contributed by atoms with van der Waals surface area (Å²) in [6.07, 6.45) is 3.18. The van der Waals surface area contributed by atoms with Gasteiger partial charge in [0.15, 0.2) is 0 Å². The molecule has 0 aliphatic heterocycles. The zero-order valence-corrected chi connectivity index (χ0v) is 9.98. The van der Waals surface area contributed by atoms with Gasteiger partial charge in [0.1, 0.15) is 11.6 Å². The third-order valence-corrected chi connectivity index (χ3v) is 3.80. The van der Waals surface area contributed by atoms with Crippen LogP contribution in [0.5, 0.6) is 5.75 Å². The average Bonchev–Trinajstić information content (AvgIpc) is 2.22. The highest BCUT2D eigenvalue weighted by molar-refractivity contribution is 6.30. The van der Waals surface area contributed by atoms with Crippen molar-refractivity contribution >= 4 is 11.6 Å². The maximum Gasteiger partial charge on any atom is 0.145 e. The van der Waals surface area contributed by atoms with Crippen LogP contribution in [0.25, 0.3) is 0 Å². The predicted octanol–water partition coefficient (Wildman–Crippen LogP) is 2.87. The standard InChI is InChI=1S/C12H15ClFNO/c1-16-11-6-10(14)9(13)5-8(11)12(7-15)3-2-4-12/h5-6H,2-4,7,15H2,1H3. The Morgan fingerprint density at radius 2 is 2.19 bits per heavy atom. The van der Waals surface area contributed by atoms with Gasteiger partial charge in [0.05, 0.1) is 12.1 Å². The lowest BCUT2D eigenvalue weighted by Crippen LogP contribution is -2.41. The molecule has 1 saturated carbocycles. The quantitative estimate of drug-likeness (QED) is 0.886. The predicted molar refractivity (Wildman–Crippen MR) is 62.5 cm³/mol. The van der Waals surface area contributed by atoms with Crippen LogP contribution in [0.2, 0.25) is 5.02 Å². The van der Waals surface area contributed by atoms with Crippen LogP contribution in [0.1, 0.15) is 24.8 Å². The molecule has 0 radical (unpaired) electrons. The Bertz CT molecular complexity index is 399. The van der Waals surface area contributed by atoms with Gasteiger partial charge in [-0.25, -0.2) is 4.39 Å². The number of hydrogen-bond donors (Lipinski definition) is 1. The number of ether oxygens (including phenoxy) is 1. The van der Waals surface area contributed by atoms with Crippen LogP contribution < -0.4 is 10.5 Å². The maximum atomic E-state index is 13.3. The molecule has 0 unspecified atom stereocenters. The van der Waals surface area contributed by atoms with Gasteiger partial charge in [0.25, 0.3) is 0 Å². The highest BCUT2D eigenvalue weighted by Gasteiger charge is 2.39. The van der Waals surface area contributed by atoms with E-state index in [1.165, 1.54) is 13.2 Å². The lowest BCUT2D eigenvalue weighted by Gasteiger charge is -2.42. The molecule has 2 nitrogen and oxygen atoms in total. The van der Waals surface area contributed by atoms with Crippen LogP contribution >= 0.6 is 11.6 Å². The third kappa shape index (κ3) is 1.68. The van der Waals surface area contributed by atoms with Crippen molar-refractivity contribution in [3.63, 3.8) is 0 Å². The molecule has 4 heteroatoms. The first-order valence-electron chi connectivity index (χ1n) is 5.36. The first-order valence-corrected chi connectivity index (χ1v) is 5.74. The number of benzene rings is 1. The Morgan fingerprint density at radius 3 is 2.62 bits per heavy atom. The number of nitrogens with two attached hydrogens (primary N) is 1. The Hall–Kier alpha value is -0.800. The van der Waals surface area contributed by atoms with E-state index in [0.717, 1.165) is 24.8 Å². The number of rotatable bonds is 3. The molecule has 0 bridgehead atoms. The fourth-order valence-electron chi connectivity index (χ4n) is 2.30. The van der Waals surface area contributed by atoms with Gasteiger partial charge in [-0.05, 0) is 18.9 Å². The van der Waals surface area contributed by atoms with Crippen molar-refractivity contribution in [3.05, 3.63) is 28.5 Å². The highest BCUT2D eigenvalue weighted by Crippen LogP contribution is 2.47. The smallest absolute Gasteiger partial charge is 0.145 e. The summed E-state index contributed by atoms with van der Waals surface area (Å²) in [5.41, 5.74) is 6.69. The van der Waals surface area contributed by atoms with E-state index in [9.17, 15) is 4.39 Å². The molecule has 0 heterocycles. The minimum atomic E-state index is -0.450. The fourth-order valence-corrected chi connectivity index (χ4v) is 2.46. The van der Waals surface area contributed by atoms with E-state index in [2.05, 4.69) is 0 Å². The van der Waals surface area contributed by atoms with Gasteiger partial charge in [-0.3, -0.25) is 0 Å². The molecule has 0 amide bonds. The second-order valence-corrected chi connectivity index (χ2v) is 4.71. The summed E-state index contributed by atoms with van der Waals surface area (Å²) in [5.74, 6) is 0.0980. The third-order valence-electron chi connectivity index (χ3n) is 3.52. The van der Waals surface area contributed by atoms with Gasteiger partial charge in [0.2, 0.25) is 0 Å². The molecule has 1 aliphatic rings. The molecule has 0 spiro atoms. The number of methoxy groups -OCH3 is 1. The Labute approximate surface area is 99.5 Å². The van der Waals surface area contributed by atoms with E-state index in [-0.39, 0.29) is 10.4 Å². The molecule has 1 aliphatic carbocycles. The van der Waals surface area contributed by atoms with E-state index in [1.807, 2.05) is 0 Å². The van der Waals surface area contributed by atoms with E-state index in [4.69, 9.17) is 22.1 Å². The van der Waals surface area contributed by atoms with Crippen molar-refractivity contribution in [2.45, 2.75) is 24.7 Å². The summed E-state index contributed by atoms with van der Waals surface area (Å²) in [6.45, 7) is 0.547.